The number of hydrogen-bond donors (Lipinski definition) is 2. The fourth-order valence-electron chi connectivity index (χ4n) is 3.56. The number of anilines is 1. The lowest BCUT2D eigenvalue weighted by atomic mass is 9.98. The highest BCUT2D eigenvalue weighted by molar-refractivity contribution is 6.03. The topological polar surface area (TPSA) is 71.8 Å². The summed E-state index contributed by atoms with van der Waals surface area (Å²) in [6, 6.07) is 12.5. The van der Waals surface area contributed by atoms with Gasteiger partial charge in [-0.2, -0.15) is 10.1 Å². The highest BCUT2D eigenvalue weighted by Gasteiger charge is 2.22. The lowest BCUT2D eigenvalue weighted by Crippen LogP contribution is -2.27. The number of piperidine rings is 1. The van der Waals surface area contributed by atoms with Crippen LogP contribution in [-0.2, 0) is 7.05 Å². The zero-order valence-corrected chi connectivity index (χ0v) is 17.8. The Morgan fingerprint density at radius 1 is 1.13 bits per heavy atom. The second-order valence-corrected chi connectivity index (χ2v) is 7.46. The Hall–Kier alpha value is -2.77. The van der Waals surface area contributed by atoms with Crippen molar-refractivity contribution in [2.75, 3.05) is 18.4 Å². The summed E-state index contributed by atoms with van der Waals surface area (Å²) in [6.07, 6.45) is 1.93. The number of nitrogens with one attached hydrogen (secondary N) is 2. The first kappa shape index (κ1) is 21.9. The molecule has 1 aliphatic rings. The van der Waals surface area contributed by atoms with Crippen LogP contribution in [0.3, 0.4) is 0 Å². The molecule has 1 amide bonds. The molecular weight excluding hydrogens is 405 g/mol. The predicted molar refractivity (Wildman–Crippen MR) is 118 cm³/mol. The van der Waals surface area contributed by atoms with Gasteiger partial charge in [0.1, 0.15) is 5.82 Å². The average Bonchev–Trinajstić information content (AvgIpc) is 3.09. The third kappa shape index (κ3) is 4.68. The first-order chi connectivity index (χ1) is 14.0. The Kier molecular flexibility index (Phi) is 6.84. The van der Waals surface area contributed by atoms with Crippen LogP contribution in [0.15, 0.2) is 42.5 Å². The molecule has 1 saturated heterocycles. The van der Waals surface area contributed by atoms with Crippen LogP contribution < -0.4 is 10.6 Å². The maximum absolute atomic E-state index is 14.7. The molecule has 3 aromatic rings. The molecule has 6 nitrogen and oxygen atoms in total. The fraction of sp³-hybridized carbons (Fsp3) is 0.318. The van der Waals surface area contributed by atoms with E-state index in [0.717, 1.165) is 48.4 Å². The summed E-state index contributed by atoms with van der Waals surface area (Å²) >= 11 is 0. The number of rotatable bonds is 4. The number of halogens is 2. The highest BCUT2D eigenvalue weighted by Crippen LogP contribution is 2.25. The summed E-state index contributed by atoms with van der Waals surface area (Å²) in [4.78, 5) is 17.1. The third-order valence-electron chi connectivity index (χ3n) is 5.31. The summed E-state index contributed by atoms with van der Waals surface area (Å²) in [5.74, 6) is 0.218. The average molecular weight is 430 g/mol. The van der Waals surface area contributed by atoms with E-state index in [-0.39, 0.29) is 23.9 Å². The summed E-state index contributed by atoms with van der Waals surface area (Å²) in [5, 5.41) is 10.4. The smallest absolute Gasteiger partial charge is 0.260 e. The van der Waals surface area contributed by atoms with Gasteiger partial charge in [-0.1, -0.05) is 35.9 Å². The van der Waals surface area contributed by atoms with Crippen LogP contribution in [-0.4, -0.2) is 33.8 Å². The van der Waals surface area contributed by atoms with Crippen LogP contribution in [0.2, 0.25) is 0 Å². The zero-order valence-electron chi connectivity index (χ0n) is 17.0. The lowest BCUT2D eigenvalue weighted by molar-refractivity contribution is 0.102. The first-order valence-electron chi connectivity index (χ1n) is 9.81. The van der Waals surface area contributed by atoms with Crippen molar-refractivity contribution in [2.45, 2.75) is 25.7 Å². The van der Waals surface area contributed by atoms with Crippen LogP contribution >= 0.6 is 12.4 Å². The van der Waals surface area contributed by atoms with Crippen LogP contribution in [0.4, 0.5) is 10.3 Å². The molecule has 158 valence electrons. The minimum absolute atomic E-state index is 0. The van der Waals surface area contributed by atoms with E-state index < -0.39 is 11.7 Å². The summed E-state index contributed by atoms with van der Waals surface area (Å²) < 4.78 is 16.2. The molecule has 0 unspecified atom stereocenters. The Bertz CT molecular complexity index is 1030. The van der Waals surface area contributed by atoms with Crippen LogP contribution in [0.5, 0.6) is 0 Å². The quantitative estimate of drug-likeness (QED) is 0.655. The van der Waals surface area contributed by atoms with Gasteiger partial charge >= 0.3 is 0 Å². The van der Waals surface area contributed by atoms with Crippen LogP contribution in [0.25, 0.3) is 11.1 Å². The monoisotopic (exact) mass is 429 g/mol. The number of benzene rings is 2. The molecule has 1 aliphatic heterocycles. The number of nitrogens with zero attached hydrogens (tertiary/aromatic N) is 3. The lowest BCUT2D eigenvalue weighted by Gasteiger charge is -2.19. The number of aryl methyl sites for hydroxylation is 2. The van der Waals surface area contributed by atoms with Gasteiger partial charge in [-0.3, -0.25) is 10.1 Å². The van der Waals surface area contributed by atoms with Gasteiger partial charge in [0.2, 0.25) is 5.95 Å². The Morgan fingerprint density at radius 3 is 2.47 bits per heavy atom. The fourth-order valence-corrected chi connectivity index (χ4v) is 3.56. The van der Waals surface area contributed by atoms with Crippen molar-refractivity contribution in [1.29, 1.82) is 0 Å². The van der Waals surface area contributed by atoms with E-state index in [0.29, 0.717) is 5.95 Å². The van der Waals surface area contributed by atoms with Gasteiger partial charge in [0.25, 0.3) is 5.91 Å². The van der Waals surface area contributed by atoms with Crippen LogP contribution in [0.1, 0.15) is 40.5 Å². The van der Waals surface area contributed by atoms with E-state index >= 15 is 0 Å². The van der Waals surface area contributed by atoms with Crippen molar-refractivity contribution in [1.82, 2.24) is 20.1 Å². The SMILES string of the molecule is Cc1ccc(-c2ccc(C(=O)Nc3nc(C4CCNCC4)nn3C)c(F)c2)cc1.Cl. The van der Waals surface area contributed by atoms with Gasteiger partial charge in [0.15, 0.2) is 5.82 Å². The maximum atomic E-state index is 14.7. The largest absolute Gasteiger partial charge is 0.317 e. The number of amides is 1. The Labute approximate surface area is 181 Å². The number of aromatic nitrogens is 3. The standard InChI is InChI=1S/C22H24FN5O.ClH/c1-14-3-5-15(6-4-14)17-7-8-18(19(23)13-17)21(29)26-22-25-20(27-28(22)2)16-9-11-24-12-10-16;/h3-8,13,16,24H,9-12H2,1-2H3,(H,25,26,27,29);1H. The molecule has 0 radical (unpaired) electrons. The van der Waals surface area contributed by atoms with Crippen molar-refractivity contribution < 1.29 is 9.18 Å². The summed E-state index contributed by atoms with van der Waals surface area (Å²) in [7, 11) is 1.73. The summed E-state index contributed by atoms with van der Waals surface area (Å²) in [6.45, 7) is 3.87. The molecule has 0 spiro atoms. The van der Waals surface area contributed by atoms with E-state index in [2.05, 4.69) is 20.7 Å². The molecule has 30 heavy (non-hydrogen) atoms. The molecule has 0 atom stereocenters. The first-order valence-corrected chi connectivity index (χ1v) is 9.81. The predicted octanol–water partition coefficient (Wildman–Crippen LogP) is 4.07. The molecule has 1 fully saturated rings. The van der Waals surface area contributed by atoms with E-state index in [1.807, 2.05) is 31.2 Å². The number of carbonyl (C=O) groups is 1. The van der Waals surface area contributed by atoms with E-state index in [9.17, 15) is 9.18 Å². The normalized spacial score (nSPS) is 14.2. The molecular formula is C22H25ClFN5O. The van der Waals surface area contributed by atoms with Crippen molar-refractivity contribution in [2.24, 2.45) is 7.05 Å². The van der Waals surface area contributed by atoms with Crippen molar-refractivity contribution in [3.8, 4) is 11.1 Å². The van der Waals surface area contributed by atoms with Gasteiger partial charge in [-0.05, 0) is 56.1 Å². The summed E-state index contributed by atoms with van der Waals surface area (Å²) in [5.41, 5.74) is 2.75. The van der Waals surface area contributed by atoms with Crippen molar-refractivity contribution in [3.63, 3.8) is 0 Å². The van der Waals surface area contributed by atoms with Gasteiger partial charge in [0, 0.05) is 13.0 Å². The molecule has 0 bridgehead atoms. The van der Waals surface area contributed by atoms with Gasteiger partial charge in [-0.15, -0.1) is 12.4 Å². The van der Waals surface area contributed by atoms with Gasteiger partial charge in [0.05, 0.1) is 5.56 Å². The van der Waals surface area contributed by atoms with Gasteiger partial charge < -0.3 is 5.32 Å². The number of hydrogen-bond acceptors (Lipinski definition) is 4. The molecule has 0 aliphatic carbocycles. The molecule has 8 heteroatoms. The van der Waals surface area contributed by atoms with Crippen molar-refractivity contribution >= 4 is 24.3 Å². The minimum atomic E-state index is -0.568. The minimum Gasteiger partial charge on any atom is -0.317 e. The maximum Gasteiger partial charge on any atom is 0.260 e. The van der Waals surface area contributed by atoms with Crippen LogP contribution in [0, 0.1) is 12.7 Å². The van der Waals surface area contributed by atoms with E-state index in [1.54, 1.807) is 13.1 Å². The molecule has 0 saturated carbocycles. The Balaban J connectivity index is 0.00000256. The zero-order chi connectivity index (χ0) is 20.4. The molecule has 1 aromatic heterocycles. The molecule has 4 rings (SSSR count). The van der Waals surface area contributed by atoms with Crippen molar-refractivity contribution in [3.05, 3.63) is 65.2 Å². The third-order valence-corrected chi connectivity index (χ3v) is 5.31. The second kappa shape index (κ2) is 9.36. The molecule has 2 N–H and O–H groups in total. The molecule has 2 heterocycles. The second-order valence-electron chi connectivity index (χ2n) is 7.46. The van der Waals surface area contributed by atoms with Gasteiger partial charge in [-0.25, -0.2) is 9.07 Å². The molecule has 2 aromatic carbocycles. The number of carbonyl (C=O) groups excluding carboxylic acids is 1. The highest BCUT2D eigenvalue weighted by atomic mass is 35.5. The van der Waals surface area contributed by atoms with E-state index in [4.69, 9.17) is 0 Å². The van der Waals surface area contributed by atoms with E-state index in [1.165, 1.54) is 16.8 Å². The Morgan fingerprint density at radius 2 is 1.80 bits per heavy atom.